The topological polar surface area (TPSA) is 26.3 Å². The van der Waals surface area contributed by atoms with Crippen molar-refractivity contribution < 1.29 is 9.53 Å². The maximum Gasteiger partial charge on any atom is 0.330 e. The van der Waals surface area contributed by atoms with Crippen molar-refractivity contribution in [3.05, 3.63) is 24.3 Å². The number of carbonyl (C=O) groups is 1. The van der Waals surface area contributed by atoms with Gasteiger partial charge in [-0.1, -0.05) is 11.6 Å². The van der Waals surface area contributed by atoms with Crippen molar-refractivity contribution in [2.75, 3.05) is 6.61 Å². The summed E-state index contributed by atoms with van der Waals surface area (Å²) in [6, 6.07) is 0. The van der Waals surface area contributed by atoms with Crippen LogP contribution in [0.2, 0.25) is 0 Å². The van der Waals surface area contributed by atoms with E-state index in [0.29, 0.717) is 6.61 Å². The van der Waals surface area contributed by atoms with Gasteiger partial charge in [0.2, 0.25) is 0 Å². The Morgan fingerprint density at radius 1 is 1.69 bits per heavy atom. The summed E-state index contributed by atoms with van der Waals surface area (Å²) in [5.74, 6) is -0.170. The summed E-state index contributed by atoms with van der Waals surface area (Å²) in [5.41, 5.74) is 1.40. The van der Waals surface area contributed by atoms with Gasteiger partial charge in [-0.15, -0.1) is 6.58 Å². The van der Waals surface area contributed by atoms with Crippen molar-refractivity contribution in [1.29, 1.82) is 0 Å². The van der Waals surface area contributed by atoms with Gasteiger partial charge in [-0.25, -0.2) is 4.79 Å². The predicted octanol–water partition coefficient (Wildman–Crippen LogP) is 2.22. The summed E-state index contributed by atoms with van der Waals surface area (Å²) >= 11 is 0. The average molecular weight is 178 g/mol. The van der Waals surface area contributed by atoms with E-state index in [0.717, 1.165) is 19.3 Å². The lowest BCUT2D eigenvalue weighted by atomic mass is 9.79. The van der Waals surface area contributed by atoms with E-state index in [1.54, 1.807) is 6.08 Å². The number of allylic oxidation sites excluding steroid dienone is 1. The quantitative estimate of drug-likeness (QED) is 0.478. The molecule has 1 unspecified atom stereocenters. The largest absolute Gasteiger partial charge is 0.462 e. The van der Waals surface area contributed by atoms with Gasteiger partial charge in [-0.05, 0) is 25.7 Å². The number of esters is 1. The average Bonchev–Trinajstić information content (AvgIpc) is 2.49. The van der Waals surface area contributed by atoms with Gasteiger partial charge < -0.3 is 4.74 Å². The Hall–Kier alpha value is -1.05. The molecule has 0 radical (unpaired) electrons. The van der Waals surface area contributed by atoms with Crippen LogP contribution in [-0.4, -0.2) is 12.6 Å². The fraction of sp³-hybridized carbons (Fsp3) is 0.545. The van der Waals surface area contributed by atoms with Crippen LogP contribution in [0.4, 0.5) is 0 Å². The SMILES string of the molecule is C=CCC12CCCC1=CC(=O)OC2. The van der Waals surface area contributed by atoms with Gasteiger partial charge in [0.1, 0.15) is 6.61 Å². The third-order valence-electron chi connectivity index (χ3n) is 3.10. The third-order valence-corrected chi connectivity index (χ3v) is 3.10. The summed E-state index contributed by atoms with van der Waals surface area (Å²) in [6.07, 6.45) is 7.92. The minimum absolute atomic E-state index is 0.121. The molecule has 0 spiro atoms. The fourth-order valence-corrected chi connectivity index (χ4v) is 2.39. The van der Waals surface area contributed by atoms with E-state index in [2.05, 4.69) is 6.58 Å². The normalized spacial score (nSPS) is 32.0. The van der Waals surface area contributed by atoms with E-state index in [1.807, 2.05) is 6.08 Å². The zero-order valence-electron chi connectivity index (χ0n) is 7.71. The third kappa shape index (κ3) is 1.30. The van der Waals surface area contributed by atoms with E-state index < -0.39 is 0 Å². The van der Waals surface area contributed by atoms with Crippen LogP contribution < -0.4 is 0 Å². The lowest BCUT2D eigenvalue weighted by molar-refractivity contribution is -0.142. The second-order valence-corrected chi connectivity index (χ2v) is 3.90. The lowest BCUT2D eigenvalue weighted by Crippen LogP contribution is -2.30. The zero-order chi connectivity index (χ0) is 9.31. The standard InChI is InChI=1S/C11H14O2/c1-2-5-11-6-3-4-9(11)7-10(12)13-8-11/h2,7H,1,3-6,8H2. The zero-order valence-corrected chi connectivity index (χ0v) is 7.71. The van der Waals surface area contributed by atoms with Crippen molar-refractivity contribution >= 4 is 5.97 Å². The van der Waals surface area contributed by atoms with E-state index in [9.17, 15) is 4.79 Å². The van der Waals surface area contributed by atoms with Crippen LogP contribution in [0.5, 0.6) is 0 Å². The molecule has 1 aliphatic carbocycles. The number of fused-ring (bicyclic) bond motifs is 1. The molecule has 0 bridgehead atoms. The van der Waals surface area contributed by atoms with Crippen molar-refractivity contribution in [1.82, 2.24) is 0 Å². The molecule has 0 saturated heterocycles. The van der Waals surface area contributed by atoms with Crippen LogP contribution in [0, 0.1) is 5.41 Å². The van der Waals surface area contributed by atoms with Crippen LogP contribution >= 0.6 is 0 Å². The highest BCUT2D eigenvalue weighted by molar-refractivity contribution is 5.84. The monoisotopic (exact) mass is 178 g/mol. The second-order valence-electron chi connectivity index (χ2n) is 3.90. The molecule has 0 aromatic carbocycles. The van der Waals surface area contributed by atoms with Crippen molar-refractivity contribution in [3.8, 4) is 0 Å². The number of carbonyl (C=O) groups excluding carboxylic acids is 1. The summed E-state index contributed by atoms with van der Waals surface area (Å²) in [6.45, 7) is 4.32. The van der Waals surface area contributed by atoms with Crippen molar-refractivity contribution in [2.24, 2.45) is 5.41 Å². The van der Waals surface area contributed by atoms with Crippen LogP contribution in [-0.2, 0) is 9.53 Å². The Morgan fingerprint density at radius 3 is 3.31 bits per heavy atom. The molecule has 1 heterocycles. The maximum atomic E-state index is 11.0. The Labute approximate surface area is 78.3 Å². The molecule has 2 heteroatoms. The summed E-state index contributed by atoms with van der Waals surface area (Å²) in [4.78, 5) is 11.0. The lowest BCUT2D eigenvalue weighted by Gasteiger charge is -2.32. The first-order chi connectivity index (χ1) is 6.27. The Balaban J connectivity index is 2.30. The first kappa shape index (κ1) is 8.54. The highest BCUT2D eigenvalue weighted by Gasteiger charge is 2.41. The van der Waals surface area contributed by atoms with E-state index in [4.69, 9.17) is 4.74 Å². The molecule has 13 heavy (non-hydrogen) atoms. The van der Waals surface area contributed by atoms with Gasteiger partial charge in [0.15, 0.2) is 0 Å². The molecule has 1 fully saturated rings. The van der Waals surface area contributed by atoms with Crippen molar-refractivity contribution in [2.45, 2.75) is 25.7 Å². The van der Waals surface area contributed by atoms with Crippen LogP contribution in [0.3, 0.4) is 0 Å². The van der Waals surface area contributed by atoms with Gasteiger partial charge >= 0.3 is 5.97 Å². The number of cyclic esters (lactones) is 1. The first-order valence-electron chi connectivity index (χ1n) is 4.75. The van der Waals surface area contributed by atoms with Gasteiger partial charge in [-0.2, -0.15) is 0 Å². The molecule has 0 amide bonds. The molecular weight excluding hydrogens is 164 g/mol. The Morgan fingerprint density at radius 2 is 2.54 bits per heavy atom. The van der Waals surface area contributed by atoms with Crippen LogP contribution in [0.1, 0.15) is 25.7 Å². The van der Waals surface area contributed by atoms with E-state index in [1.165, 1.54) is 12.0 Å². The molecule has 1 aliphatic heterocycles. The Kier molecular flexibility index (Phi) is 1.98. The van der Waals surface area contributed by atoms with E-state index in [-0.39, 0.29) is 11.4 Å². The smallest absolute Gasteiger partial charge is 0.330 e. The van der Waals surface area contributed by atoms with Gasteiger partial charge in [0.25, 0.3) is 0 Å². The second kappa shape index (κ2) is 3.02. The predicted molar refractivity (Wildman–Crippen MR) is 50.1 cm³/mol. The number of rotatable bonds is 2. The molecular formula is C11H14O2. The van der Waals surface area contributed by atoms with Crippen molar-refractivity contribution in [3.63, 3.8) is 0 Å². The highest BCUT2D eigenvalue weighted by atomic mass is 16.5. The van der Waals surface area contributed by atoms with Gasteiger partial charge in [-0.3, -0.25) is 0 Å². The minimum Gasteiger partial charge on any atom is -0.462 e. The highest BCUT2D eigenvalue weighted by Crippen LogP contribution is 2.47. The maximum absolute atomic E-state index is 11.0. The van der Waals surface area contributed by atoms with E-state index >= 15 is 0 Å². The van der Waals surface area contributed by atoms with Crippen LogP contribution in [0.25, 0.3) is 0 Å². The molecule has 1 saturated carbocycles. The molecule has 0 aromatic rings. The molecule has 2 aliphatic rings. The Bertz CT molecular complexity index is 278. The van der Waals surface area contributed by atoms with Gasteiger partial charge in [0, 0.05) is 11.5 Å². The number of hydrogen-bond donors (Lipinski definition) is 0. The molecule has 1 atom stereocenters. The minimum atomic E-state index is -0.170. The summed E-state index contributed by atoms with van der Waals surface area (Å²) in [5, 5.41) is 0. The molecule has 0 N–H and O–H groups in total. The fourth-order valence-electron chi connectivity index (χ4n) is 2.39. The molecule has 2 nitrogen and oxygen atoms in total. The summed E-state index contributed by atoms with van der Waals surface area (Å²) in [7, 11) is 0. The first-order valence-corrected chi connectivity index (χ1v) is 4.75. The molecule has 2 rings (SSSR count). The number of ether oxygens (including phenoxy) is 1. The molecule has 0 aromatic heterocycles. The van der Waals surface area contributed by atoms with Gasteiger partial charge in [0.05, 0.1) is 0 Å². The molecule has 70 valence electrons. The summed E-state index contributed by atoms with van der Waals surface area (Å²) < 4.78 is 5.08. The number of hydrogen-bond acceptors (Lipinski definition) is 2. The van der Waals surface area contributed by atoms with Crippen LogP contribution in [0.15, 0.2) is 24.3 Å².